The molecule has 240 valence electrons. The summed E-state index contributed by atoms with van der Waals surface area (Å²) >= 11 is 6.56. The molecule has 45 heavy (non-hydrogen) atoms. The maximum Gasteiger partial charge on any atom is 0.231 e. The third kappa shape index (κ3) is 6.71. The summed E-state index contributed by atoms with van der Waals surface area (Å²) < 4.78 is 17.3. The third-order valence-electron chi connectivity index (χ3n) is 8.35. The first-order valence-electron chi connectivity index (χ1n) is 15.0. The topological polar surface area (TPSA) is 123 Å². The fourth-order valence-electron chi connectivity index (χ4n) is 6.00. The average Bonchev–Trinajstić information content (AvgIpc) is 3.45. The van der Waals surface area contributed by atoms with E-state index in [1.54, 1.807) is 20.4 Å². The van der Waals surface area contributed by atoms with Gasteiger partial charge in [0.15, 0.2) is 0 Å². The number of aromatic amines is 1. The van der Waals surface area contributed by atoms with Gasteiger partial charge in [-0.2, -0.15) is 9.97 Å². The highest BCUT2D eigenvalue weighted by atomic mass is 35.5. The molecule has 14 heteroatoms. The molecule has 0 saturated carbocycles. The lowest BCUT2D eigenvalue weighted by Crippen LogP contribution is -2.49. The fourth-order valence-corrected chi connectivity index (χ4v) is 6.84. The van der Waals surface area contributed by atoms with E-state index in [1.165, 1.54) is 4.83 Å². The summed E-state index contributed by atoms with van der Waals surface area (Å²) in [6.45, 7) is 9.46. The molecule has 4 N–H and O–H groups in total. The van der Waals surface area contributed by atoms with Crippen LogP contribution in [-0.4, -0.2) is 98.0 Å². The zero-order chi connectivity index (χ0) is 31.5. The number of aromatic nitrogens is 3. The summed E-state index contributed by atoms with van der Waals surface area (Å²) in [5, 5.41) is 18.6. The smallest absolute Gasteiger partial charge is 0.231 e. The molecule has 12 nitrogen and oxygen atoms in total. The zero-order valence-electron chi connectivity index (χ0n) is 26.0. The summed E-state index contributed by atoms with van der Waals surface area (Å²) in [6, 6.07) is 12.0. The van der Waals surface area contributed by atoms with Gasteiger partial charge in [0, 0.05) is 58.6 Å². The van der Waals surface area contributed by atoms with Crippen molar-refractivity contribution < 1.29 is 19.4 Å². The van der Waals surface area contributed by atoms with Crippen LogP contribution in [0.4, 0.5) is 34.5 Å². The van der Waals surface area contributed by atoms with E-state index in [0.29, 0.717) is 56.7 Å². The number of halogens is 1. The van der Waals surface area contributed by atoms with Crippen LogP contribution in [0.5, 0.6) is 11.5 Å². The Labute approximate surface area is 269 Å². The lowest BCUT2D eigenvalue weighted by atomic mass is 10.0. The molecule has 4 aromatic rings. The van der Waals surface area contributed by atoms with E-state index < -0.39 is 8.07 Å². The quantitative estimate of drug-likeness (QED) is 0.114. The van der Waals surface area contributed by atoms with E-state index in [1.807, 2.05) is 49.7 Å². The highest BCUT2D eigenvalue weighted by Gasteiger charge is 2.28. The number of para-hydroxylation sites is 2. The SMILES string of the molecule is COc1cc(N2CCC(N3CCOCC3)CC2)c(OC)cc1Nc1nc(Nc2ccccc2N(O)P(C)C)c2c(Cl)c[nH]c2n1. The number of anilines is 6. The van der Waals surface area contributed by atoms with Crippen molar-refractivity contribution in [2.75, 3.05) is 87.3 Å². The molecule has 0 radical (unpaired) electrons. The Morgan fingerprint density at radius 3 is 2.44 bits per heavy atom. The minimum absolute atomic E-state index is 0.328. The molecule has 2 aromatic heterocycles. The van der Waals surface area contributed by atoms with Crippen molar-refractivity contribution in [2.45, 2.75) is 18.9 Å². The van der Waals surface area contributed by atoms with Gasteiger partial charge in [-0.05, 0) is 38.3 Å². The van der Waals surface area contributed by atoms with Gasteiger partial charge in [0.2, 0.25) is 5.95 Å². The molecule has 0 atom stereocenters. The lowest BCUT2D eigenvalue weighted by Gasteiger charge is -2.41. The Morgan fingerprint density at radius 1 is 1.00 bits per heavy atom. The summed E-state index contributed by atoms with van der Waals surface area (Å²) in [5.74, 6) is 2.19. The van der Waals surface area contributed by atoms with Crippen LogP contribution < -0.4 is 29.8 Å². The molecule has 4 heterocycles. The normalized spacial score (nSPS) is 16.3. The van der Waals surface area contributed by atoms with Crippen molar-refractivity contribution in [1.82, 2.24) is 19.9 Å². The van der Waals surface area contributed by atoms with Gasteiger partial charge in [0.05, 0.1) is 60.6 Å². The van der Waals surface area contributed by atoms with Gasteiger partial charge in [0.25, 0.3) is 0 Å². The number of ether oxygens (including phenoxy) is 3. The van der Waals surface area contributed by atoms with E-state index in [2.05, 4.69) is 25.4 Å². The molecule has 0 aliphatic carbocycles. The van der Waals surface area contributed by atoms with Gasteiger partial charge in [-0.3, -0.25) is 10.1 Å². The van der Waals surface area contributed by atoms with Gasteiger partial charge in [-0.25, -0.2) is 4.83 Å². The number of rotatable bonds is 10. The predicted molar refractivity (Wildman–Crippen MR) is 182 cm³/mol. The van der Waals surface area contributed by atoms with Gasteiger partial charge in [0.1, 0.15) is 23.0 Å². The van der Waals surface area contributed by atoms with E-state index in [4.69, 9.17) is 35.8 Å². The van der Waals surface area contributed by atoms with Crippen LogP contribution in [0.1, 0.15) is 12.8 Å². The Hall–Kier alpha value is -3.54. The molecule has 2 fully saturated rings. The van der Waals surface area contributed by atoms with Gasteiger partial charge >= 0.3 is 0 Å². The Bertz CT molecular complexity index is 1620. The first-order chi connectivity index (χ1) is 21.9. The van der Waals surface area contributed by atoms with Crippen LogP contribution >= 0.6 is 19.7 Å². The monoisotopic (exact) mass is 654 g/mol. The predicted octanol–water partition coefficient (Wildman–Crippen LogP) is 6.27. The van der Waals surface area contributed by atoms with Crippen LogP contribution in [0.3, 0.4) is 0 Å². The number of methoxy groups -OCH3 is 2. The minimum Gasteiger partial charge on any atom is -0.494 e. The van der Waals surface area contributed by atoms with Crippen molar-refractivity contribution in [3.05, 3.63) is 47.6 Å². The van der Waals surface area contributed by atoms with E-state index in [-0.39, 0.29) is 0 Å². The number of benzene rings is 2. The molecule has 2 saturated heterocycles. The van der Waals surface area contributed by atoms with Crippen LogP contribution in [0.15, 0.2) is 42.6 Å². The summed E-state index contributed by atoms with van der Waals surface area (Å²) in [5.41, 5.74) is 3.52. The second-order valence-electron chi connectivity index (χ2n) is 11.3. The first-order valence-corrected chi connectivity index (χ1v) is 17.6. The Kier molecular flexibility index (Phi) is 9.67. The van der Waals surface area contributed by atoms with Crippen LogP contribution in [0.25, 0.3) is 11.0 Å². The highest BCUT2D eigenvalue weighted by molar-refractivity contribution is 7.57. The molecule has 2 aliphatic rings. The molecule has 0 unspecified atom stereocenters. The average molecular weight is 655 g/mol. The molecular weight excluding hydrogens is 615 g/mol. The van der Waals surface area contributed by atoms with Crippen LogP contribution in [0.2, 0.25) is 5.02 Å². The summed E-state index contributed by atoms with van der Waals surface area (Å²) in [4.78, 5) is 18.8. The minimum atomic E-state index is -0.788. The standard InChI is InChI=1S/C31H40ClN8O4P/c1-42-26-18-25(39-11-9-20(10-12-39)38-13-15-44-16-14-38)27(43-2)17-23(26)35-31-36-29-28(21(32)19-33-29)30(37-31)34-22-7-5-6-8-24(22)40(41)45(3)4/h5-8,17-20,41H,9-16H2,1-4H3,(H3,33,34,35,36,37). The molecule has 2 aromatic carbocycles. The van der Waals surface area contributed by atoms with Crippen LogP contribution in [0, 0.1) is 0 Å². The molecule has 0 amide bonds. The molecular formula is C31H40ClN8O4P. The maximum absolute atomic E-state index is 10.7. The van der Waals surface area contributed by atoms with Crippen molar-refractivity contribution in [3.8, 4) is 11.5 Å². The van der Waals surface area contributed by atoms with Crippen molar-refractivity contribution in [3.63, 3.8) is 0 Å². The molecule has 0 spiro atoms. The van der Waals surface area contributed by atoms with Crippen LogP contribution in [-0.2, 0) is 4.74 Å². The van der Waals surface area contributed by atoms with Gasteiger partial charge < -0.3 is 34.7 Å². The number of hydrogen-bond acceptors (Lipinski definition) is 11. The van der Waals surface area contributed by atoms with Crippen molar-refractivity contribution >= 4 is 65.2 Å². The second kappa shape index (κ2) is 13.8. The Morgan fingerprint density at radius 2 is 1.73 bits per heavy atom. The van der Waals surface area contributed by atoms with E-state index >= 15 is 0 Å². The van der Waals surface area contributed by atoms with E-state index in [9.17, 15) is 5.21 Å². The zero-order valence-corrected chi connectivity index (χ0v) is 27.7. The van der Waals surface area contributed by atoms with Crippen molar-refractivity contribution in [1.29, 1.82) is 0 Å². The number of fused-ring (bicyclic) bond motifs is 1. The molecule has 6 rings (SSSR count). The lowest BCUT2D eigenvalue weighted by molar-refractivity contribution is 0.0115. The maximum atomic E-state index is 10.7. The third-order valence-corrected chi connectivity index (χ3v) is 9.62. The summed E-state index contributed by atoms with van der Waals surface area (Å²) in [7, 11) is 2.54. The molecule has 2 aliphatic heterocycles. The van der Waals surface area contributed by atoms with E-state index in [0.717, 1.165) is 63.7 Å². The number of nitrogens with one attached hydrogen (secondary N) is 3. The fraction of sp³-hybridized carbons (Fsp3) is 0.419. The van der Waals surface area contributed by atoms with Gasteiger partial charge in [-0.1, -0.05) is 23.7 Å². The van der Waals surface area contributed by atoms with Crippen molar-refractivity contribution in [2.24, 2.45) is 0 Å². The number of piperidine rings is 1. The number of morpholine rings is 1. The summed E-state index contributed by atoms with van der Waals surface area (Å²) in [6.07, 6.45) is 3.85. The number of H-pyrrole nitrogens is 1. The molecule has 0 bridgehead atoms. The largest absolute Gasteiger partial charge is 0.494 e. The van der Waals surface area contributed by atoms with Gasteiger partial charge in [-0.15, -0.1) is 0 Å². The number of hydrogen-bond donors (Lipinski definition) is 4. The first kappa shape index (κ1) is 31.4. The number of nitrogens with zero attached hydrogens (tertiary/aromatic N) is 5. The highest BCUT2D eigenvalue weighted by Crippen LogP contribution is 2.43. The Balaban J connectivity index is 1.27. The second-order valence-corrected chi connectivity index (χ2v) is 13.7.